The van der Waals surface area contributed by atoms with Crippen molar-refractivity contribution in [1.82, 2.24) is 5.32 Å². The average Bonchev–Trinajstić information content (AvgIpc) is 2.62. The zero-order chi connectivity index (χ0) is 19.4. The van der Waals surface area contributed by atoms with Crippen LogP contribution in [0.1, 0.15) is 69.8 Å². The summed E-state index contributed by atoms with van der Waals surface area (Å²) >= 11 is 5.92. The summed E-state index contributed by atoms with van der Waals surface area (Å²) in [6.07, 6.45) is 4.67. The van der Waals surface area contributed by atoms with E-state index in [4.69, 9.17) is 11.6 Å². The van der Waals surface area contributed by atoms with E-state index >= 15 is 0 Å². The van der Waals surface area contributed by atoms with Crippen molar-refractivity contribution in [3.8, 4) is 0 Å². The Balaban J connectivity index is 1.95. The molecular weight excluding hydrogens is 377 g/mol. The van der Waals surface area contributed by atoms with Crippen molar-refractivity contribution in [2.24, 2.45) is 0 Å². The number of carbonyl (C=O) groups is 1. The topological polar surface area (TPSA) is 32.3 Å². The van der Waals surface area contributed by atoms with Gasteiger partial charge in [0.1, 0.15) is 0 Å². The summed E-state index contributed by atoms with van der Waals surface area (Å²) in [6, 6.07) is 3.45. The Bertz CT molecular complexity index is 653. The van der Waals surface area contributed by atoms with Gasteiger partial charge in [0.2, 0.25) is 0 Å². The molecule has 0 aromatic heterocycles. The molecule has 0 unspecified atom stereocenters. The molecule has 0 radical (unpaired) electrons. The van der Waals surface area contributed by atoms with Gasteiger partial charge in [-0.05, 0) is 37.8 Å². The summed E-state index contributed by atoms with van der Waals surface area (Å²) < 4.78 is 41.1. The Kier molecular flexibility index (Phi) is 6.56. The molecule has 3 rings (SSSR count). The molecular formula is C20H26ClF3N2O. The van der Waals surface area contributed by atoms with E-state index in [9.17, 15) is 18.0 Å². The van der Waals surface area contributed by atoms with Crippen LogP contribution in [0.4, 0.5) is 23.7 Å². The van der Waals surface area contributed by atoms with Gasteiger partial charge in [0, 0.05) is 12.1 Å². The number of amides is 2. The monoisotopic (exact) mass is 402 g/mol. The third-order valence-corrected chi connectivity index (χ3v) is 5.94. The average molecular weight is 403 g/mol. The predicted molar refractivity (Wildman–Crippen MR) is 101 cm³/mol. The van der Waals surface area contributed by atoms with Crippen LogP contribution < -0.4 is 10.2 Å². The van der Waals surface area contributed by atoms with E-state index in [1.54, 1.807) is 0 Å². The molecule has 0 heterocycles. The number of nitrogens with zero attached hydrogens (tertiary/aromatic N) is 1. The molecule has 0 aliphatic heterocycles. The van der Waals surface area contributed by atoms with Gasteiger partial charge in [0.15, 0.2) is 0 Å². The van der Waals surface area contributed by atoms with Crippen molar-refractivity contribution >= 4 is 23.3 Å². The van der Waals surface area contributed by atoms with Crippen LogP contribution in [0, 0.1) is 0 Å². The van der Waals surface area contributed by atoms with Gasteiger partial charge in [-0.2, -0.15) is 13.2 Å². The van der Waals surface area contributed by atoms with Crippen molar-refractivity contribution in [2.45, 2.75) is 82.5 Å². The summed E-state index contributed by atoms with van der Waals surface area (Å²) in [5, 5.41) is 2.62. The zero-order valence-electron chi connectivity index (χ0n) is 15.3. The second-order valence-electron chi connectivity index (χ2n) is 7.58. The maximum Gasteiger partial charge on any atom is 0.419 e. The van der Waals surface area contributed by atoms with Gasteiger partial charge in [-0.15, -0.1) is 0 Å². The molecule has 2 amide bonds. The quantitative estimate of drug-likeness (QED) is 0.611. The molecule has 0 atom stereocenters. The molecule has 0 saturated heterocycles. The van der Waals surface area contributed by atoms with Crippen LogP contribution in [-0.2, 0) is 6.18 Å². The zero-order valence-corrected chi connectivity index (χ0v) is 16.1. The Morgan fingerprint density at radius 2 is 1.59 bits per heavy atom. The molecule has 27 heavy (non-hydrogen) atoms. The SMILES string of the molecule is O=C(NC1CCCCC1)N(c1cccc(Cl)c1C(F)(F)F)C1CCCCC1. The lowest BCUT2D eigenvalue weighted by atomic mass is 9.93. The fourth-order valence-electron chi connectivity index (χ4n) is 4.30. The number of halogens is 4. The maximum absolute atomic E-state index is 13.7. The molecule has 2 saturated carbocycles. The molecule has 1 aromatic rings. The van der Waals surface area contributed by atoms with Gasteiger partial charge in [-0.1, -0.05) is 56.2 Å². The van der Waals surface area contributed by atoms with Gasteiger partial charge in [0.05, 0.1) is 16.3 Å². The fraction of sp³-hybridized carbons (Fsp3) is 0.650. The van der Waals surface area contributed by atoms with Crippen LogP contribution in [0.3, 0.4) is 0 Å². The highest BCUT2D eigenvalue weighted by Gasteiger charge is 2.40. The fourth-order valence-corrected chi connectivity index (χ4v) is 4.57. The highest BCUT2D eigenvalue weighted by molar-refractivity contribution is 6.32. The Labute approximate surface area is 163 Å². The van der Waals surface area contributed by atoms with Crippen LogP contribution in [0.25, 0.3) is 0 Å². The number of alkyl halides is 3. The second kappa shape index (κ2) is 8.72. The highest BCUT2D eigenvalue weighted by Crippen LogP contribution is 2.43. The molecule has 1 aromatic carbocycles. The number of anilines is 1. The first-order chi connectivity index (χ1) is 12.9. The molecule has 3 nitrogen and oxygen atoms in total. The highest BCUT2D eigenvalue weighted by atomic mass is 35.5. The largest absolute Gasteiger partial charge is 0.419 e. The van der Waals surface area contributed by atoms with Crippen LogP contribution in [0.5, 0.6) is 0 Å². The molecule has 2 aliphatic rings. The normalized spacial score (nSPS) is 19.7. The minimum absolute atomic E-state index is 0.0332. The molecule has 7 heteroatoms. The minimum atomic E-state index is -4.62. The third-order valence-electron chi connectivity index (χ3n) is 5.63. The van der Waals surface area contributed by atoms with Gasteiger partial charge in [-0.25, -0.2) is 4.79 Å². The van der Waals surface area contributed by atoms with E-state index < -0.39 is 17.8 Å². The lowest BCUT2D eigenvalue weighted by Crippen LogP contribution is -2.51. The summed E-state index contributed by atoms with van der Waals surface area (Å²) in [4.78, 5) is 14.4. The third kappa shape index (κ3) is 4.89. The van der Waals surface area contributed by atoms with Crippen molar-refractivity contribution in [3.05, 3.63) is 28.8 Å². The number of benzene rings is 1. The van der Waals surface area contributed by atoms with Gasteiger partial charge < -0.3 is 5.32 Å². The first-order valence-electron chi connectivity index (χ1n) is 9.83. The van der Waals surface area contributed by atoms with Crippen molar-refractivity contribution in [1.29, 1.82) is 0 Å². The molecule has 150 valence electrons. The molecule has 1 N–H and O–H groups in total. The van der Waals surface area contributed by atoms with E-state index in [0.29, 0.717) is 12.8 Å². The summed E-state index contributed by atoms with van der Waals surface area (Å²) in [7, 11) is 0. The summed E-state index contributed by atoms with van der Waals surface area (Å²) in [6.45, 7) is 0. The van der Waals surface area contributed by atoms with Crippen LogP contribution in [0.2, 0.25) is 5.02 Å². The van der Waals surface area contributed by atoms with Crippen LogP contribution in [-0.4, -0.2) is 18.1 Å². The lowest BCUT2D eigenvalue weighted by Gasteiger charge is -2.37. The van der Waals surface area contributed by atoms with Crippen molar-refractivity contribution in [2.75, 3.05) is 4.90 Å². The van der Waals surface area contributed by atoms with Crippen LogP contribution in [0.15, 0.2) is 18.2 Å². The van der Waals surface area contributed by atoms with E-state index in [1.807, 2.05) is 0 Å². The Morgan fingerprint density at radius 1 is 1.00 bits per heavy atom. The summed E-state index contributed by atoms with van der Waals surface area (Å²) in [5.74, 6) is 0. The van der Waals surface area contributed by atoms with E-state index in [-0.39, 0.29) is 22.8 Å². The standard InChI is InChI=1S/C20H26ClF3N2O/c21-16-12-7-13-17(18(16)20(22,23)24)26(15-10-5-2-6-11-15)19(27)25-14-8-3-1-4-9-14/h7,12-15H,1-6,8-11H2,(H,25,27). The molecule has 2 fully saturated rings. The first kappa shape index (κ1) is 20.3. The van der Waals surface area contributed by atoms with Crippen LogP contribution >= 0.6 is 11.6 Å². The minimum Gasteiger partial charge on any atom is -0.335 e. The van der Waals surface area contributed by atoms with Gasteiger partial charge in [0.25, 0.3) is 0 Å². The van der Waals surface area contributed by atoms with E-state index in [1.165, 1.54) is 23.1 Å². The smallest absolute Gasteiger partial charge is 0.335 e. The number of urea groups is 1. The molecule has 0 spiro atoms. The van der Waals surface area contributed by atoms with Crippen molar-refractivity contribution < 1.29 is 18.0 Å². The number of nitrogens with one attached hydrogen (secondary N) is 1. The van der Waals surface area contributed by atoms with Gasteiger partial charge in [-0.3, -0.25) is 4.90 Å². The molecule has 0 bridgehead atoms. The predicted octanol–water partition coefficient (Wildman–Crippen LogP) is 6.54. The van der Waals surface area contributed by atoms with Crippen molar-refractivity contribution in [3.63, 3.8) is 0 Å². The van der Waals surface area contributed by atoms with E-state index in [0.717, 1.165) is 51.4 Å². The molecule has 2 aliphatic carbocycles. The first-order valence-corrected chi connectivity index (χ1v) is 10.2. The Hall–Kier alpha value is -1.43. The number of hydrogen-bond acceptors (Lipinski definition) is 1. The number of hydrogen-bond donors (Lipinski definition) is 1. The summed E-state index contributed by atoms with van der Waals surface area (Å²) in [5.41, 5.74) is -1.05. The lowest BCUT2D eigenvalue weighted by molar-refractivity contribution is -0.137. The number of rotatable bonds is 3. The maximum atomic E-state index is 13.7. The second-order valence-corrected chi connectivity index (χ2v) is 7.99. The Morgan fingerprint density at radius 3 is 2.19 bits per heavy atom. The number of carbonyl (C=O) groups excluding carboxylic acids is 1. The van der Waals surface area contributed by atoms with Gasteiger partial charge >= 0.3 is 12.2 Å². The van der Waals surface area contributed by atoms with E-state index in [2.05, 4.69) is 5.32 Å².